The van der Waals surface area contributed by atoms with Crippen LogP contribution in [-0.4, -0.2) is 245 Å². The van der Waals surface area contributed by atoms with Crippen LogP contribution in [0, 0.1) is 5.92 Å². The fraction of sp³-hybridized carbons (Fsp3) is 0.724. The Morgan fingerprint density at radius 2 is 0.895 bits per heavy atom. The van der Waals surface area contributed by atoms with Crippen molar-refractivity contribution in [3.63, 3.8) is 0 Å². The first kappa shape index (κ1) is 100. The van der Waals surface area contributed by atoms with E-state index in [0.29, 0.717) is 12.0 Å². The zero-order valence-electron chi connectivity index (χ0n) is 69.3. The van der Waals surface area contributed by atoms with Crippen molar-refractivity contribution in [2.24, 2.45) is 11.7 Å². The molecule has 15 amide bonds. The van der Waals surface area contributed by atoms with Gasteiger partial charge in [0.2, 0.25) is 65.0 Å². The van der Waals surface area contributed by atoms with Crippen molar-refractivity contribution in [3.8, 4) is 0 Å². The Morgan fingerprint density at radius 1 is 0.482 bits per heavy atom. The minimum Gasteiger partial charge on any atom is -0.444 e. The Kier molecular flexibility index (Phi) is 43.3. The third-order valence-corrected chi connectivity index (χ3v) is 16.7. The average Bonchev–Trinajstić information content (AvgIpc) is 0.858. The van der Waals surface area contributed by atoms with Gasteiger partial charge >= 0.3 is 24.4 Å². The molecule has 0 unspecified atom stereocenters. The van der Waals surface area contributed by atoms with Crippen molar-refractivity contribution in [1.29, 1.82) is 0 Å². The van der Waals surface area contributed by atoms with Gasteiger partial charge in [0.1, 0.15) is 82.8 Å². The normalized spacial score (nSPS) is 20.3. The molecule has 1 saturated heterocycles. The minimum atomic E-state index is -2.06. The smallest absolute Gasteiger partial charge is 0.407 e. The second-order valence-electron chi connectivity index (χ2n) is 32.6. The number of hydrogen-bond donors (Lipinski definition) is 19. The van der Waals surface area contributed by atoms with Gasteiger partial charge in [-0.1, -0.05) is 89.6 Å². The van der Waals surface area contributed by atoms with Gasteiger partial charge in [0.15, 0.2) is 0 Å². The Labute approximate surface area is 668 Å². The van der Waals surface area contributed by atoms with Crippen LogP contribution in [0.5, 0.6) is 0 Å². The zero-order valence-corrected chi connectivity index (χ0v) is 69.3. The number of hydrogen-bond acceptors (Lipinski definition) is 23. The van der Waals surface area contributed by atoms with Gasteiger partial charge in [-0.2, -0.15) is 0 Å². The van der Waals surface area contributed by atoms with Crippen molar-refractivity contribution in [2.75, 3.05) is 39.3 Å². The van der Waals surface area contributed by atoms with Crippen LogP contribution >= 0.6 is 0 Å². The van der Waals surface area contributed by atoms with Gasteiger partial charge in [-0.15, -0.1) is 0 Å². The van der Waals surface area contributed by atoms with Gasteiger partial charge < -0.3 is 120 Å². The third-order valence-electron chi connectivity index (χ3n) is 16.7. The average molecular weight is 1620 g/mol. The number of carbonyl (C=O) groups is 15. The fourth-order valence-corrected chi connectivity index (χ4v) is 11.0. The van der Waals surface area contributed by atoms with Crippen LogP contribution in [0.3, 0.4) is 0 Å². The Morgan fingerprint density at radius 3 is 1.34 bits per heavy atom. The first-order valence-electron chi connectivity index (χ1n) is 39.0. The molecule has 1 fully saturated rings. The molecule has 38 heteroatoms. The number of carbonyl (C=O) groups excluding carboxylic acids is 15. The standard InChI is InChI=1S/C76H130N16O22/c1-18-19-20-21-22-26-29-47(77)58(96)83-51(33-38-81-71(109)113-75(12,13)14)62(100)92-57(45(5)95)68(106)90-55(42-93)66(104)87-48-30-35-78-67(105)56(44(4)94)91-63(101)52(34-39-82-72(110)114-76(15,16)17)85-60(98)49(31-36-79-69(107)111-73(6,7)8)86-64(102)53(40-43(2)3)88-65(103)54(41-46-27-24-23-25-28-46)89-61(99)50(84-59(48)97)32-37-80-70(108)112-74(9,10)11/h23-25,27-28,43-45,47-57,93-95H,18-22,26,29-42,77H2,1-17H3,(H,78,105)(H,79,107)(H,80,108)(H,81,109)(H,82,110)(H,83,96)(H,84,97)(H,85,98)(H,86,102)(H,87,104)(H,88,103)(H,89,99)(H,90,106)(H,91,101)(H,92,100)/t44-,45-,47+,48+,49+,50+,51+,52+,53+,54-,55-,56+,57+/m1/s1. The van der Waals surface area contributed by atoms with Gasteiger partial charge in [-0.25, -0.2) is 19.2 Å². The lowest BCUT2D eigenvalue weighted by Crippen LogP contribution is -2.62. The van der Waals surface area contributed by atoms with E-state index in [-0.39, 0.29) is 51.2 Å². The van der Waals surface area contributed by atoms with Crippen molar-refractivity contribution >= 4 is 89.4 Å². The maximum atomic E-state index is 15.1. The van der Waals surface area contributed by atoms with Gasteiger partial charge in [0.05, 0.1) is 24.9 Å². The monoisotopic (exact) mass is 1620 g/mol. The number of amides is 15. The molecule has 0 spiro atoms. The molecule has 1 heterocycles. The van der Waals surface area contributed by atoms with E-state index in [4.69, 9.17) is 24.7 Å². The SMILES string of the molecule is CCCCCCCC[C@H](N)C(=O)N[C@@H](CCNC(=O)OC(C)(C)C)C(=O)N[C@H](C(=O)N[C@H](CO)C(=O)N[C@H]1CCNC(=O)[C@H]([C@@H](C)O)NC(=O)[C@H](CCNC(=O)OC(C)(C)C)NC(=O)[C@H](CCNC(=O)OC(C)(C)C)NC(=O)[C@H](CC(C)C)NC(=O)[C@@H](Cc2ccccc2)NC(=O)[C@H](CCNC(=O)OC(C)(C)C)NC1=O)[C@@H](C)O. The summed E-state index contributed by atoms with van der Waals surface area (Å²) < 4.78 is 21.4. The Balaban J connectivity index is 2.95. The van der Waals surface area contributed by atoms with Crippen molar-refractivity contribution in [2.45, 2.75) is 309 Å². The summed E-state index contributed by atoms with van der Waals surface area (Å²) in [7, 11) is 0. The van der Waals surface area contributed by atoms with Crippen LogP contribution in [0.2, 0.25) is 0 Å². The topological polar surface area (TPSA) is 560 Å². The van der Waals surface area contributed by atoms with Crippen molar-refractivity contribution < 1.29 is 106 Å². The van der Waals surface area contributed by atoms with Crippen LogP contribution in [0.15, 0.2) is 30.3 Å². The predicted octanol–water partition coefficient (Wildman–Crippen LogP) is 0.134. The molecule has 0 radical (unpaired) electrons. The number of aliphatic hydroxyl groups is 3. The molecule has 20 N–H and O–H groups in total. The van der Waals surface area contributed by atoms with Gasteiger partial charge in [0, 0.05) is 39.1 Å². The molecule has 0 aliphatic carbocycles. The molecule has 0 bridgehead atoms. The molecule has 0 saturated carbocycles. The summed E-state index contributed by atoms with van der Waals surface area (Å²) in [4.78, 5) is 212. The molecule has 1 aromatic carbocycles. The Bertz CT molecular complexity index is 3320. The lowest BCUT2D eigenvalue weighted by atomic mass is 10.00. The summed E-state index contributed by atoms with van der Waals surface area (Å²) in [6, 6.07) is -10.6. The van der Waals surface area contributed by atoms with Crippen LogP contribution in [0.25, 0.3) is 0 Å². The molecule has 0 aromatic heterocycles. The third kappa shape index (κ3) is 41.9. The maximum absolute atomic E-state index is 15.1. The van der Waals surface area contributed by atoms with Crippen molar-refractivity contribution in [1.82, 2.24) is 79.8 Å². The summed E-state index contributed by atoms with van der Waals surface area (Å²) in [5, 5.41) is 70.4. The van der Waals surface area contributed by atoms with E-state index in [1.165, 1.54) is 0 Å². The molecule has 1 aliphatic rings. The second kappa shape index (κ2) is 49.2. The van der Waals surface area contributed by atoms with Crippen LogP contribution in [0.1, 0.15) is 207 Å². The predicted molar refractivity (Wildman–Crippen MR) is 418 cm³/mol. The largest absolute Gasteiger partial charge is 0.444 e. The molecule has 114 heavy (non-hydrogen) atoms. The summed E-state index contributed by atoms with van der Waals surface area (Å²) in [5.41, 5.74) is 2.86. The molecule has 13 atom stereocenters. The highest BCUT2D eigenvalue weighted by atomic mass is 16.6. The number of nitrogens with two attached hydrogens (primary N) is 1. The summed E-state index contributed by atoms with van der Waals surface area (Å²) in [5.74, 6) is -12.5. The highest BCUT2D eigenvalue weighted by Gasteiger charge is 2.39. The van der Waals surface area contributed by atoms with Crippen LogP contribution < -0.4 is 85.5 Å². The first-order chi connectivity index (χ1) is 53.0. The summed E-state index contributed by atoms with van der Waals surface area (Å²) in [6.45, 7) is 23.6. The molecule has 2 rings (SSSR count). The molecule has 1 aromatic rings. The summed E-state index contributed by atoms with van der Waals surface area (Å²) in [6.07, 6.45) is -4.31. The van der Waals surface area contributed by atoms with Crippen LogP contribution in [0.4, 0.5) is 19.2 Å². The Hall–Kier alpha value is -9.69. The zero-order chi connectivity index (χ0) is 86.4. The minimum absolute atomic E-state index is 0.117. The van der Waals surface area contributed by atoms with Crippen molar-refractivity contribution in [3.05, 3.63) is 35.9 Å². The quantitative estimate of drug-likeness (QED) is 0.0322. The first-order valence-corrected chi connectivity index (χ1v) is 39.0. The molecular weight excluding hydrogens is 1490 g/mol. The number of benzene rings is 1. The molecule has 646 valence electrons. The summed E-state index contributed by atoms with van der Waals surface area (Å²) >= 11 is 0. The van der Waals surface area contributed by atoms with Gasteiger partial charge in [-0.3, -0.25) is 52.7 Å². The van der Waals surface area contributed by atoms with Crippen LogP contribution in [-0.2, 0) is 78.1 Å². The van der Waals surface area contributed by atoms with Gasteiger partial charge in [0.25, 0.3) is 0 Å². The van der Waals surface area contributed by atoms with E-state index in [1.807, 2.05) is 0 Å². The second-order valence-corrected chi connectivity index (χ2v) is 32.6. The van der Waals surface area contributed by atoms with E-state index in [9.17, 15) is 72.9 Å². The van der Waals surface area contributed by atoms with Gasteiger partial charge in [-0.05, 0) is 153 Å². The highest BCUT2D eigenvalue weighted by molar-refractivity contribution is 5.99. The fourth-order valence-electron chi connectivity index (χ4n) is 11.0. The van der Waals surface area contributed by atoms with E-state index in [2.05, 4.69) is 86.7 Å². The number of alkyl carbamates (subject to hydrolysis) is 4. The number of nitrogens with one attached hydrogen (secondary N) is 15. The van der Waals surface area contributed by atoms with E-state index in [1.54, 1.807) is 127 Å². The van der Waals surface area contributed by atoms with E-state index >= 15 is 14.4 Å². The molecular formula is C76H130N16O22. The maximum Gasteiger partial charge on any atom is 0.407 e. The number of unbranched alkanes of at least 4 members (excludes halogenated alkanes) is 5. The highest BCUT2D eigenvalue weighted by Crippen LogP contribution is 2.16. The number of aliphatic hydroxyl groups excluding tert-OH is 3. The number of ether oxygens (including phenoxy) is 4. The lowest BCUT2D eigenvalue weighted by Gasteiger charge is -2.29. The lowest BCUT2D eigenvalue weighted by molar-refractivity contribution is -0.137. The molecule has 38 nitrogen and oxygen atoms in total. The molecule has 1 aliphatic heterocycles. The number of rotatable bonds is 34. The van der Waals surface area contributed by atoms with E-state index in [0.717, 1.165) is 46.0 Å². The van der Waals surface area contributed by atoms with E-state index < -0.39 is 236 Å².